The lowest BCUT2D eigenvalue weighted by Gasteiger charge is -2.17. The van der Waals surface area contributed by atoms with Gasteiger partial charge in [-0.25, -0.2) is 4.79 Å². The number of hydrogen-bond donors (Lipinski definition) is 1. The molecule has 0 unspecified atom stereocenters. The van der Waals surface area contributed by atoms with Gasteiger partial charge in [0.2, 0.25) is 0 Å². The zero-order valence-electron chi connectivity index (χ0n) is 12.4. The van der Waals surface area contributed by atoms with Crippen molar-refractivity contribution in [2.24, 2.45) is 7.05 Å². The number of carbonyl (C=O) groups excluding carboxylic acids is 1. The van der Waals surface area contributed by atoms with Crippen LogP contribution in [0.4, 0.5) is 0 Å². The van der Waals surface area contributed by atoms with Gasteiger partial charge in [-0.3, -0.25) is 14.2 Å². The molecule has 8 nitrogen and oxygen atoms in total. The van der Waals surface area contributed by atoms with Crippen molar-refractivity contribution in [1.82, 2.24) is 24.5 Å². The number of aryl methyl sites for hydroxylation is 2. The molecule has 118 valence electrons. The Morgan fingerprint density at radius 3 is 2.73 bits per heavy atom. The average molecular weight is 326 g/mol. The van der Waals surface area contributed by atoms with E-state index in [1.54, 1.807) is 18.8 Å². The van der Waals surface area contributed by atoms with Crippen LogP contribution in [0.3, 0.4) is 0 Å². The molecule has 1 amide bonds. The van der Waals surface area contributed by atoms with E-state index in [4.69, 9.17) is 16.7 Å². The summed E-state index contributed by atoms with van der Waals surface area (Å²) in [5.41, 5.74) is 0.457. The first-order chi connectivity index (χ1) is 10.3. The molecule has 1 N–H and O–H groups in total. The molecule has 22 heavy (non-hydrogen) atoms. The molecule has 2 rings (SSSR count). The summed E-state index contributed by atoms with van der Waals surface area (Å²) in [6.07, 6.45) is 2.81. The topological polar surface area (TPSA) is 93.3 Å². The predicted octanol–water partition coefficient (Wildman–Crippen LogP) is 1.26. The van der Waals surface area contributed by atoms with Crippen molar-refractivity contribution >= 4 is 23.5 Å². The minimum absolute atomic E-state index is 0.101. The first kappa shape index (κ1) is 16.0. The maximum absolute atomic E-state index is 12.4. The summed E-state index contributed by atoms with van der Waals surface area (Å²) < 4.78 is 2.98. The van der Waals surface area contributed by atoms with Gasteiger partial charge in [0.15, 0.2) is 5.69 Å². The molecule has 0 saturated carbocycles. The van der Waals surface area contributed by atoms with Crippen LogP contribution in [0, 0.1) is 0 Å². The maximum Gasteiger partial charge on any atom is 0.339 e. The van der Waals surface area contributed by atoms with Crippen LogP contribution in [0.2, 0.25) is 5.02 Å². The highest BCUT2D eigenvalue weighted by Gasteiger charge is 2.25. The van der Waals surface area contributed by atoms with Crippen LogP contribution in [0.5, 0.6) is 0 Å². The number of aromatic nitrogens is 4. The molecule has 2 aromatic heterocycles. The highest BCUT2D eigenvalue weighted by molar-refractivity contribution is 6.31. The van der Waals surface area contributed by atoms with Crippen LogP contribution >= 0.6 is 11.6 Å². The Morgan fingerprint density at radius 2 is 2.14 bits per heavy atom. The molecule has 0 atom stereocenters. The van der Waals surface area contributed by atoms with Crippen molar-refractivity contribution in [3.8, 4) is 0 Å². The molecule has 0 saturated heterocycles. The minimum atomic E-state index is -1.19. The van der Waals surface area contributed by atoms with Crippen LogP contribution in [0.15, 0.2) is 12.4 Å². The third-order valence-electron chi connectivity index (χ3n) is 3.19. The fourth-order valence-corrected chi connectivity index (χ4v) is 2.30. The molecule has 2 heterocycles. The minimum Gasteiger partial charge on any atom is -0.478 e. The number of carboxylic acid groups (broad SMARTS) is 1. The van der Waals surface area contributed by atoms with Gasteiger partial charge >= 0.3 is 5.97 Å². The molecule has 0 aliphatic carbocycles. The second-order valence-electron chi connectivity index (χ2n) is 4.79. The molecule has 0 fully saturated rings. The molecular formula is C13H16ClN5O3. The smallest absolute Gasteiger partial charge is 0.339 e. The van der Waals surface area contributed by atoms with Crippen LogP contribution in [-0.2, 0) is 20.1 Å². The first-order valence-corrected chi connectivity index (χ1v) is 6.95. The summed E-state index contributed by atoms with van der Waals surface area (Å²) in [4.78, 5) is 25.0. The number of carboxylic acids is 1. The second-order valence-corrected chi connectivity index (χ2v) is 5.19. The Morgan fingerprint density at radius 1 is 1.45 bits per heavy atom. The van der Waals surface area contributed by atoms with Gasteiger partial charge in [-0.15, -0.1) is 0 Å². The summed E-state index contributed by atoms with van der Waals surface area (Å²) in [5, 5.41) is 17.6. The van der Waals surface area contributed by atoms with E-state index >= 15 is 0 Å². The summed E-state index contributed by atoms with van der Waals surface area (Å²) in [5.74, 6) is -1.68. The highest BCUT2D eigenvalue weighted by Crippen LogP contribution is 2.18. The lowest BCUT2D eigenvalue weighted by Crippen LogP contribution is -2.29. The molecule has 2 aromatic rings. The van der Waals surface area contributed by atoms with Crippen LogP contribution in [0.25, 0.3) is 0 Å². The Kier molecular flexibility index (Phi) is 4.51. The van der Waals surface area contributed by atoms with Gasteiger partial charge in [-0.2, -0.15) is 10.2 Å². The Labute approximate surface area is 131 Å². The number of aromatic carboxylic acids is 1. The van der Waals surface area contributed by atoms with E-state index in [9.17, 15) is 9.59 Å². The number of amides is 1. The summed E-state index contributed by atoms with van der Waals surface area (Å²) in [7, 11) is 3.12. The second kappa shape index (κ2) is 6.18. The highest BCUT2D eigenvalue weighted by atomic mass is 35.5. The Hall–Kier alpha value is -2.35. The molecular weight excluding hydrogens is 310 g/mol. The summed E-state index contributed by atoms with van der Waals surface area (Å²) >= 11 is 6.07. The third-order valence-corrected chi connectivity index (χ3v) is 3.51. The fourth-order valence-electron chi connectivity index (χ4n) is 2.10. The lowest BCUT2D eigenvalue weighted by atomic mass is 10.2. The van der Waals surface area contributed by atoms with Crippen molar-refractivity contribution in [3.63, 3.8) is 0 Å². The predicted molar refractivity (Wildman–Crippen MR) is 78.9 cm³/mol. The van der Waals surface area contributed by atoms with Crippen molar-refractivity contribution in [1.29, 1.82) is 0 Å². The van der Waals surface area contributed by atoms with E-state index in [1.807, 2.05) is 6.92 Å². The van der Waals surface area contributed by atoms with Gasteiger partial charge in [0, 0.05) is 26.8 Å². The van der Waals surface area contributed by atoms with E-state index in [0.29, 0.717) is 17.3 Å². The number of carbonyl (C=O) groups is 2. The van der Waals surface area contributed by atoms with Crippen molar-refractivity contribution in [2.45, 2.75) is 20.0 Å². The van der Waals surface area contributed by atoms with Gasteiger partial charge in [0.25, 0.3) is 5.91 Å². The fraction of sp³-hybridized carbons (Fsp3) is 0.385. The van der Waals surface area contributed by atoms with Crippen molar-refractivity contribution < 1.29 is 14.7 Å². The molecule has 0 aliphatic heterocycles. The van der Waals surface area contributed by atoms with E-state index in [1.165, 1.54) is 22.0 Å². The average Bonchev–Trinajstić information content (AvgIpc) is 3.02. The van der Waals surface area contributed by atoms with Crippen LogP contribution in [0.1, 0.15) is 33.5 Å². The third kappa shape index (κ3) is 2.96. The van der Waals surface area contributed by atoms with Crippen molar-refractivity contribution in [2.75, 3.05) is 7.05 Å². The van der Waals surface area contributed by atoms with E-state index in [2.05, 4.69) is 10.2 Å². The van der Waals surface area contributed by atoms with Gasteiger partial charge in [0.05, 0.1) is 23.5 Å². The molecule has 0 spiro atoms. The SMILES string of the molecule is CCn1ncc(Cl)c1CN(C)C(=O)c1nn(C)cc1C(=O)O. The summed E-state index contributed by atoms with van der Waals surface area (Å²) in [6.45, 7) is 2.74. The molecule has 0 aliphatic rings. The van der Waals surface area contributed by atoms with Gasteiger partial charge in [0.1, 0.15) is 5.56 Å². The van der Waals surface area contributed by atoms with Gasteiger partial charge < -0.3 is 10.0 Å². The normalized spacial score (nSPS) is 10.7. The number of halogens is 1. The number of rotatable bonds is 5. The summed E-state index contributed by atoms with van der Waals surface area (Å²) in [6, 6.07) is 0. The largest absolute Gasteiger partial charge is 0.478 e. The van der Waals surface area contributed by atoms with Gasteiger partial charge in [-0.1, -0.05) is 11.6 Å². The number of nitrogens with zero attached hydrogens (tertiary/aromatic N) is 5. The Bertz CT molecular complexity index is 721. The monoisotopic (exact) mass is 325 g/mol. The molecule has 9 heteroatoms. The van der Waals surface area contributed by atoms with E-state index in [0.717, 1.165) is 0 Å². The van der Waals surface area contributed by atoms with Crippen molar-refractivity contribution in [3.05, 3.63) is 34.4 Å². The zero-order valence-corrected chi connectivity index (χ0v) is 13.2. The Balaban J connectivity index is 2.26. The van der Waals surface area contributed by atoms with E-state index < -0.39 is 11.9 Å². The molecule has 0 bridgehead atoms. The van der Waals surface area contributed by atoms with Crippen LogP contribution in [-0.4, -0.2) is 48.5 Å². The van der Waals surface area contributed by atoms with Gasteiger partial charge in [-0.05, 0) is 6.92 Å². The zero-order chi connectivity index (χ0) is 16.4. The molecule has 0 radical (unpaired) electrons. The lowest BCUT2D eigenvalue weighted by molar-refractivity contribution is 0.0679. The number of hydrogen-bond acceptors (Lipinski definition) is 4. The first-order valence-electron chi connectivity index (χ1n) is 6.57. The maximum atomic E-state index is 12.4. The quantitative estimate of drug-likeness (QED) is 0.893. The molecule has 0 aromatic carbocycles. The standard InChI is InChI=1S/C13H16ClN5O3/c1-4-19-10(9(14)5-15-19)7-17(2)12(20)11-8(13(21)22)6-18(3)16-11/h5-6H,4,7H2,1-3H3,(H,21,22). The van der Waals surface area contributed by atoms with E-state index in [-0.39, 0.29) is 17.8 Å². The van der Waals surface area contributed by atoms with Crippen LogP contribution < -0.4 is 0 Å².